The summed E-state index contributed by atoms with van der Waals surface area (Å²) in [4.78, 5) is 0. The van der Waals surface area contributed by atoms with Gasteiger partial charge >= 0.3 is 0 Å². The second-order valence-electron chi connectivity index (χ2n) is 4.92. The zero-order valence-corrected chi connectivity index (χ0v) is 13.5. The van der Waals surface area contributed by atoms with Crippen LogP contribution in [0, 0.1) is 13.8 Å². The van der Waals surface area contributed by atoms with Gasteiger partial charge in [0.05, 0.1) is 11.4 Å². The number of aromatic nitrogens is 2. The van der Waals surface area contributed by atoms with Gasteiger partial charge in [0, 0.05) is 18.8 Å². The first-order valence-corrected chi connectivity index (χ1v) is 8.79. The minimum Gasteiger partial charge on any atom is -0.317 e. The number of rotatable bonds is 10. The van der Waals surface area contributed by atoms with Gasteiger partial charge in [-0.15, -0.1) is 0 Å². The summed E-state index contributed by atoms with van der Waals surface area (Å²) < 4.78 is 28.0. The molecule has 0 aliphatic carbocycles. The second-order valence-corrected chi connectivity index (χ2v) is 6.85. The third-order valence-corrected chi connectivity index (χ3v) is 4.46. The lowest BCUT2D eigenvalue weighted by Crippen LogP contribution is -2.29. The third-order valence-electron chi connectivity index (χ3n) is 2.99. The molecule has 0 radical (unpaired) electrons. The van der Waals surface area contributed by atoms with Crippen molar-refractivity contribution in [3.8, 4) is 0 Å². The van der Waals surface area contributed by atoms with Crippen LogP contribution in [0.4, 0.5) is 0 Å². The highest BCUT2D eigenvalue weighted by Gasteiger charge is 2.08. The zero-order valence-electron chi connectivity index (χ0n) is 12.6. The first-order chi connectivity index (χ1) is 9.44. The monoisotopic (exact) mass is 302 g/mol. The summed E-state index contributed by atoms with van der Waals surface area (Å²) >= 11 is 0. The number of nitrogens with zero attached hydrogens (tertiary/aromatic N) is 2. The van der Waals surface area contributed by atoms with Gasteiger partial charge in [0.25, 0.3) is 0 Å². The molecule has 0 atom stereocenters. The third kappa shape index (κ3) is 6.49. The molecular formula is C13H26N4O2S. The van der Waals surface area contributed by atoms with Crippen LogP contribution in [-0.2, 0) is 16.6 Å². The Balaban J connectivity index is 2.21. The topological polar surface area (TPSA) is 76.0 Å². The SMILES string of the molecule is CCNCCCS(=O)(=O)NCCCn1nc(C)cc1C. The predicted molar refractivity (Wildman–Crippen MR) is 81.3 cm³/mol. The molecule has 6 nitrogen and oxygen atoms in total. The van der Waals surface area contributed by atoms with E-state index in [1.807, 2.05) is 31.5 Å². The molecule has 20 heavy (non-hydrogen) atoms. The maximum Gasteiger partial charge on any atom is 0.211 e. The predicted octanol–water partition coefficient (Wildman–Crippen LogP) is 0.809. The van der Waals surface area contributed by atoms with Crippen molar-refractivity contribution >= 4 is 10.0 Å². The summed E-state index contributed by atoms with van der Waals surface area (Å²) in [7, 11) is -3.14. The molecule has 0 amide bonds. The van der Waals surface area contributed by atoms with E-state index in [9.17, 15) is 8.42 Å². The van der Waals surface area contributed by atoms with Crippen LogP contribution in [0.25, 0.3) is 0 Å². The standard InChI is InChI=1S/C13H26N4O2S/c1-4-14-7-6-10-20(18,19)15-8-5-9-17-13(3)11-12(2)16-17/h11,14-15H,4-10H2,1-3H3. The summed E-state index contributed by atoms with van der Waals surface area (Å²) in [5.74, 6) is 0.180. The van der Waals surface area contributed by atoms with Crippen molar-refractivity contribution in [2.24, 2.45) is 0 Å². The van der Waals surface area contributed by atoms with E-state index in [0.29, 0.717) is 13.0 Å². The van der Waals surface area contributed by atoms with E-state index in [-0.39, 0.29) is 5.75 Å². The number of hydrogen-bond donors (Lipinski definition) is 2. The number of hydrogen-bond acceptors (Lipinski definition) is 4. The van der Waals surface area contributed by atoms with Gasteiger partial charge in [-0.2, -0.15) is 5.10 Å². The van der Waals surface area contributed by atoms with Crippen molar-refractivity contribution in [2.45, 2.75) is 40.2 Å². The Kier molecular flexibility index (Phi) is 7.18. The van der Waals surface area contributed by atoms with Crippen LogP contribution in [0.2, 0.25) is 0 Å². The second kappa shape index (κ2) is 8.39. The van der Waals surface area contributed by atoms with E-state index in [1.54, 1.807) is 0 Å². The maximum atomic E-state index is 11.7. The Morgan fingerprint density at radius 1 is 1.25 bits per heavy atom. The molecule has 7 heteroatoms. The van der Waals surface area contributed by atoms with Crippen molar-refractivity contribution in [1.29, 1.82) is 0 Å². The van der Waals surface area contributed by atoms with E-state index < -0.39 is 10.0 Å². The smallest absolute Gasteiger partial charge is 0.211 e. The van der Waals surface area contributed by atoms with E-state index in [0.717, 1.165) is 37.4 Å². The molecule has 0 saturated carbocycles. The van der Waals surface area contributed by atoms with E-state index >= 15 is 0 Å². The summed E-state index contributed by atoms with van der Waals surface area (Å²) in [6.07, 6.45) is 1.38. The highest BCUT2D eigenvalue weighted by molar-refractivity contribution is 7.89. The molecule has 0 fully saturated rings. The highest BCUT2D eigenvalue weighted by atomic mass is 32.2. The Labute approximate surface area is 122 Å². The Morgan fingerprint density at radius 3 is 2.60 bits per heavy atom. The van der Waals surface area contributed by atoms with Gasteiger partial charge in [-0.25, -0.2) is 13.1 Å². The lowest BCUT2D eigenvalue weighted by atomic mass is 10.4. The zero-order chi connectivity index (χ0) is 15.0. The molecule has 0 spiro atoms. The molecule has 1 rings (SSSR count). The van der Waals surface area contributed by atoms with Crippen molar-refractivity contribution in [1.82, 2.24) is 19.8 Å². The fraction of sp³-hybridized carbons (Fsp3) is 0.769. The average molecular weight is 302 g/mol. The van der Waals surface area contributed by atoms with Gasteiger partial charge in [-0.3, -0.25) is 4.68 Å². The maximum absolute atomic E-state index is 11.7. The van der Waals surface area contributed by atoms with Gasteiger partial charge < -0.3 is 5.32 Å². The fourth-order valence-corrected chi connectivity index (χ4v) is 3.12. The Morgan fingerprint density at radius 2 is 2.00 bits per heavy atom. The van der Waals surface area contributed by atoms with Gasteiger partial charge in [0.15, 0.2) is 0 Å². The largest absolute Gasteiger partial charge is 0.317 e. The Hall–Kier alpha value is -0.920. The van der Waals surface area contributed by atoms with Crippen molar-refractivity contribution in [2.75, 3.05) is 25.4 Å². The summed E-state index contributed by atoms with van der Waals surface area (Å²) in [6, 6.07) is 2.02. The summed E-state index contributed by atoms with van der Waals surface area (Å²) in [5, 5.41) is 7.46. The molecule has 0 aromatic carbocycles. The molecule has 116 valence electrons. The molecule has 2 N–H and O–H groups in total. The highest BCUT2D eigenvalue weighted by Crippen LogP contribution is 2.02. The number of aryl methyl sites for hydroxylation is 3. The van der Waals surface area contributed by atoms with Gasteiger partial charge in [-0.1, -0.05) is 6.92 Å². The normalized spacial score (nSPS) is 11.9. The van der Waals surface area contributed by atoms with Gasteiger partial charge in [0.1, 0.15) is 0 Å². The van der Waals surface area contributed by atoms with Crippen molar-refractivity contribution in [3.63, 3.8) is 0 Å². The number of nitrogens with one attached hydrogen (secondary N) is 2. The van der Waals surface area contributed by atoms with E-state index in [4.69, 9.17) is 0 Å². The summed E-state index contributed by atoms with van der Waals surface area (Å²) in [6.45, 7) is 8.77. The van der Waals surface area contributed by atoms with Crippen molar-refractivity contribution in [3.05, 3.63) is 17.5 Å². The lowest BCUT2D eigenvalue weighted by Gasteiger charge is -2.08. The lowest BCUT2D eigenvalue weighted by molar-refractivity contribution is 0.542. The molecular weight excluding hydrogens is 276 g/mol. The van der Waals surface area contributed by atoms with Crippen LogP contribution in [0.5, 0.6) is 0 Å². The van der Waals surface area contributed by atoms with Gasteiger partial charge in [-0.05, 0) is 45.8 Å². The Bertz CT molecular complexity index is 496. The first kappa shape index (κ1) is 17.1. The van der Waals surface area contributed by atoms with Gasteiger partial charge in [0.2, 0.25) is 10.0 Å². The minimum absolute atomic E-state index is 0.180. The summed E-state index contributed by atoms with van der Waals surface area (Å²) in [5.41, 5.74) is 2.10. The minimum atomic E-state index is -3.14. The molecule has 0 saturated heterocycles. The molecule has 1 aromatic rings. The molecule has 1 aromatic heterocycles. The van der Waals surface area contributed by atoms with Crippen molar-refractivity contribution < 1.29 is 8.42 Å². The average Bonchev–Trinajstić information content (AvgIpc) is 2.69. The van der Waals surface area contributed by atoms with Crippen LogP contribution in [-0.4, -0.2) is 43.6 Å². The molecule has 0 aliphatic heterocycles. The van der Waals surface area contributed by atoms with Crippen LogP contribution in [0.1, 0.15) is 31.2 Å². The first-order valence-electron chi connectivity index (χ1n) is 7.13. The molecule has 0 bridgehead atoms. The van der Waals surface area contributed by atoms with Crippen LogP contribution in [0.3, 0.4) is 0 Å². The molecule has 0 unspecified atom stereocenters. The molecule has 0 aliphatic rings. The van der Waals surface area contributed by atoms with E-state index in [1.165, 1.54) is 0 Å². The number of sulfonamides is 1. The van der Waals surface area contributed by atoms with Crippen LogP contribution >= 0.6 is 0 Å². The van der Waals surface area contributed by atoms with Crippen LogP contribution in [0.15, 0.2) is 6.07 Å². The molecule has 1 heterocycles. The van der Waals surface area contributed by atoms with Crippen LogP contribution < -0.4 is 10.0 Å². The van der Waals surface area contributed by atoms with E-state index in [2.05, 4.69) is 15.1 Å². The fourth-order valence-electron chi connectivity index (χ4n) is 1.99. The quantitative estimate of drug-likeness (QED) is 0.627.